The molecule has 0 bridgehead atoms. The fraction of sp³-hybridized carbons (Fsp3) is 1.00. The minimum atomic E-state index is 0.454. The maximum Gasteiger partial charge on any atom is 0.0101 e. The molecule has 2 heteroatoms. The monoisotopic (exact) mass is 308 g/mol. The molecule has 0 aromatic carbocycles. The quantitative estimate of drug-likeness (QED) is 0.721. The number of rotatable bonds is 5. The fourth-order valence-electron chi connectivity index (χ4n) is 4.89. The van der Waals surface area contributed by atoms with Gasteiger partial charge in [0.1, 0.15) is 0 Å². The van der Waals surface area contributed by atoms with E-state index in [9.17, 15) is 0 Å². The second-order valence-corrected chi connectivity index (χ2v) is 10.2. The second kappa shape index (κ2) is 6.81. The summed E-state index contributed by atoms with van der Waals surface area (Å²) < 4.78 is 0. The second-order valence-electron chi connectivity index (χ2n) is 10.2. The molecule has 2 rings (SSSR count). The van der Waals surface area contributed by atoms with Gasteiger partial charge in [-0.05, 0) is 76.4 Å². The van der Waals surface area contributed by atoms with Gasteiger partial charge in [0.25, 0.3) is 0 Å². The van der Waals surface area contributed by atoms with Crippen LogP contribution in [0.4, 0.5) is 0 Å². The molecule has 2 nitrogen and oxygen atoms in total. The zero-order valence-corrected chi connectivity index (χ0v) is 16.3. The van der Waals surface area contributed by atoms with E-state index >= 15 is 0 Å². The van der Waals surface area contributed by atoms with Gasteiger partial charge in [0.2, 0.25) is 0 Å². The predicted molar refractivity (Wildman–Crippen MR) is 97.3 cm³/mol. The molecule has 0 radical (unpaired) electrons. The molecule has 2 fully saturated rings. The van der Waals surface area contributed by atoms with Crippen LogP contribution in [0.2, 0.25) is 0 Å². The van der Waals surface area contributed by atoms with Crippen molar-refractivity contribution in [2.75, 3.05) is 20.6 Å². The summed E-state index contributed by atoms with van der Waals surface area (Å²) in [6.07, 6.45) is 9.69. The number of likely N-dealkylation sites (tertiary alicyclic amines) is 2. The highest BCUT2D eigenvalue weighted by Crippen LogP contribution is 2.39. The summed E-state index contributed by atoms with van der Waals surface area (Å²) >= 11 is 0. The minimum absolute atomic E-state index is 0.454. The van der Waals surface area contributed by atoms with Crippen molar-refractivity contribution >= 4 is 0 Å². The van der Waals surface area contributed by atoms with Crippen molar-refractivity contribution in [3.05, 3.63) is 0 Å². The Morgan fingerprint density at radius 2 is 1.32 bits per heavy atom. The van der Waals surface area contributed by atoms with Gasteiger partial charge in [0.15, 0.2) is 0 Å². The lowest BCUT2D eigenvalue weighted by molar-refractivity contribution is 0.128. The Bertz CT molecular complexity index is 355. The van der Waals surface area contributed by atoms with E-state index in [2.05, 4.69) is 58.5 Å². The van der Waals surface area contributed by atoms with Crippen molar-refractivity contribution < 1.29 is 0 Å². The number of hydrogen-bond acceptors (Lipinski definition) is 2. The van der Waals surface area contributed by atoms with Gasteiger partial charge in [-0.2, -0.15) is 0 Å². The third-order valence-corrected chi connectivity index (χ3v) is 6.08. The molecule has 0 aliphatic carbocycles. The van der Waals surface area contributed by atoms with E-state index in [-0.39, 0.29) is 0 Å². The first-order chi connectivity index (χ1) is 10.1. The van der Waals surface area contributed by atoms with E-state index in [1.165, 1.54) is 51.5 Å². The minimum Gasteiger partial charge on any atom is -0.303 e. The van der Waals surface area contributed by atoms with Gasteiger partial charge < -0.3 is 9.80 Å². The largest absolute Gasteiger partial charge is 0.303 e. The van der Waals surface area contributed by atoms with E-state index in [1.807, 2.05) is 0 Å². The third kappa shape index (κ3) is 4.96. The highest BCUT2D eigenvalue weighted by atomic mass is 15.2. The van der Waals surface area contributed by atoms with E-state index in [0.717, 1.165) is 18.1 Å². The van der Waals surface area contributed by atoms with Gasteiger partial charge in [-0.3, -0.25) is 0 Å². The van der Waals surface area contributed by atoms with Gasteiger partial charge in [0, 0.05) is 18.1 Å². The van der Waals surface area contributed by atoms with Crippen molar-refractivity contribution in [3.63, 3.8) is 0 Å². The average Bonchev–Trinajstić information content (AvgIpc) is 2.88. The zero-order valence-electron chi connectivity index (χ0n) is 16.3. The van der Waals surface area contributed by atoms with Gasteiger partial charge in [-0.15, -0.1) is 0 Å². The number of nitrogens with zero attached hydrogens (tertiary/aromatic N) is 2. The summed E-state index contributed by atoms with van der Waals surface area (Å²) in [4.78, 5) is 5.30. The lowest BCUT2D eigenvalue weighted by atomic mass is 9.79. The Labute approximate surface area is 139 Å². The molecule has 130 valence electrons. The van der Waals surface area contributed by atoms with Crippen molar-refractivity contribution in [2.45, 2.75) is 97.7 Å². The van der Waals surface area contributed by atoms with Crippen LogP contribution in [0.1, 0.15) is 79.6 Å². The normalized spacial score (nSPS) is 32.0. The molecule has 0 spiro atoms. The predicted octanol–water partition coefficient (Wildman–Crippen LogP) is 4.79. The van der Waals surface area contributed by atoms with E-state index in [1.54, 1.807) is 0 Å². The molecule has 22 heavy (non-hydrogen) atoms. The maximum atomic E-state index is 2.71. The first-order valence-corrected chi connectivity index (χ1v) is 9.50. The van der Waals surface area contributed by atoms with Crippen LogP contribution in [0.3, 0.4) is 0 Å². The summed E-state index contributed by atoms with van der Waals surface area (Å²) in [7, 11) is 4.70. The first-order valence-electron chi connectivity index (χ1n) is 9.50. The molecule has 3 atom stereocenters. The Morgan fingerprint density at radius 3 is 1.82 bits per heavy atom. The molecule has 0 N–H and O–H groups in total. The van der Waals surface area contributed by atoms with E-state index in [0.29, 0.717) is 10.8 Å². The molecule has 0 saturated carbocycles. The van der Waals surface area contributed by atoms with Crippen LogP contribution in [0.15, 0.2) is 0 Å². The summed E-state index contributed by atoms with van der Waals surface area (Å²) in [5.74, 6) is 0. The topological polar surface area (TPSA) is 6.48 Å². The van der Waals surface area contributed by atoms with Gasteiger partial charge >= 0.3 is 0 Å². The van der Waals surface area contributed by atoms with Gasteiger partial charge in [-0.25, -0.2) is 0 Å². The standard InChI is InChI=1S/C20H40N2/c1-19(2,3)13-17-10-11-18(22(17)7)15-20(4,5)14-16-9-8-12-21(16)6/h16-18H,8-15H2,1-7H3/t16?,17-,18?/m1/s1. The van der Waals surface area contributed by atoms with Gasteiger partial charge in [0.05, 0.1) is 0 Å². The highest BCUT2D eigenvalue weighted by Gasteiger charge is 2.37. The van der Waals surface area contributed by atoms with Crippen molar-refractivity contribution in [3.8, 4) is 0 Å². The lowest BCUT2D eigenvalue weighted by Gasteiger charge is -2.37. The number of hydrogen-bond donors (Lipinski definition) is 0. The highest BCUT2D eigenvalue weighted by molar-refractivity contribution is 4.92. The van der Waals surface area contributed by atoms with Crippen molar-refractivity contribution in [2.24, 2.45) is 10.8 Å². The average molecular weight is 309 g/mol. The summed E-state index contributed by atoms with van der Waals surface area (Å²) in [6, 6.07) is 2.43. The SMILES string of the molecule is CN1CCCC1CC(C)(C)CC1CC[C@H](CC(C)(C)C)N1C. The fourth-order valence-corrected chi connectivity index (χ4v) is 4.89. The van der Waals surface area contributed by atoms with Crippen LogP contribution >= 0.6 is 0 Å². The molecule has 2 heterocycles. The molecular formula is C20H40N2. The van der Waals surface area contributed by atoms with Crippen LogP contribution < -0.4 is 0 Å². The molecule has 2 saturated heterocycles. The summed E-state index contributed by atoms with van der Waals surface area (Å²) in [5.41, 5.74) is 0.925. The van der Waals surface area contributed by atoms with Crippen molar-refractivity contribution in [1.82, 2.24) is 9.80 Å². The Balaban J connectivity index is 1.87. The van der Waals surface area contributed by atoms with Crippen LogP contribution in [0.25, 0.3) is 0 Å². The van der Waals surface area contributed by atoms with E-state index < -0.39 is 0 Å². The molecule has 2 unspecified atom stereocenters. The molecule has 0 aromatic heterocycles. The van der Waals surface area contributed by atoms with Crippen molar-refractivity contribution in [1.29, 1.82) is 0 Å². The van der Waals surface area contributed by atoms with Crippen LogP contribution in [-0.2, 0) is 0 Å². The summed E-state index contributed by atoms with van der Waals surface area (Å²) in [5, 5.41) is 0. The Kier molecular flexibility index (Phi) is 5.65. The van der Waals surface area contributed by atoms with E-state index in [4.69, 9.17) is 0 Å². The van der Waals surface area contributed by atoms with Crippen LogP contribution in [0, 0.1) is 10.8 Å². The maximum absolute atomic E-state index is 2.71. The summed E-state index contributed by atoms with van der Waals surface area (Å²) in [6.45, 7) is 13.5. The Morgan fingerprint density at radius 1 is 0.773 bits per heavy atom. The van der Waals surface area contributed by atoms with Crippen LogP contribution in [-0.4, -0.2) is 48.6 Å². The Hall–Kier alpha value is -0.0800. The third-order valence-electron chi connectivity index (χ3n) is 6.08. The smallest absolute Gasteiger partial charge is 0.0101 e. The molecule has 0 amide bonds. The zero-order chi connectivity index (χ0) is 16.5. The van der Waals surface area contributed by atoms with Gasteiger partial charge in [-0.1, -0.05) is 34.6 Å². The molecule has 2 aliphatic rings. The molecule has 0 aromatic rings. The lowest BCUT2D eigenvalue weighted by Crippen LogP contribution is -2.38. The molecular weight excluding hydrogens is 268 g/mol. The first kappa shape index (κ1) is 18.3. The van der Waals surface area contributed by atoms with Crippen LogP contribution in [0.5, 0.6) is 0 Å². The molecule has 2 aliphatic heterocycles.